The second-order valence-electron chi connectivity index (χ2n) is 3.37. The van der Waals surface area contributed by atoms with Crippen LogP contribution >= 0.6 is 27.5 Å². The number of hydrogen-bond acceptors (Lipinski definition) is 2. The van der Waals surface area contributed by atoms with Crippen LogP contribution in [0.25, 0.3) is 0 Å². The fraction of sp³-hybridized carbons (Fsp3) is 0.364. The molecule has 0 aliphatic rings. The summed E-state index contributed by atoms with van der Waals surface area (Å²) in [6, 6.07) is 0. The molecule has 82 valence electrons. The summed E-state index contributed by atoms with van der Waals surface area (Å²) in [7, 11) is 1.55. The number of ether oxygens (including phenoxy) is 1. The van der Waals surface area contributed by atoms with E-state index in [4.69, 9.17) is 16.3 Å². The molecule has 1 aromatic rings. The first-order valence-electron chi connectivity index (χ1n) is 4.44. The molecular weight excluding hydrogens is 279 g/mol. The molecule has 15 heavy (non-hydrogen) atoms. The van der Waals surface area contributed by atoms with Crippen molar-refractivity contribution in [2.75, 3.05) is 7.11 Å². The first-order chi connectivity index (χ1) is 6.91. The van der Waals surface area contributed by atoms with E-state index in [2.05, 4.69) is 15.9 Å². The lowest BCUT2D eigenvalue weighted by Gasteiger charge is -2.16. The van der Waals surface area contributed by atoms with Gasteiger partial charge in [0.2, 0.25) is 4.69 Å². The third kappa shape index (κ3) is 2.04. The minimum Gasteiger partial charge on any atom is -0.496 e. The summed E-state index contributed by atoms with van der Waals surface area (Å²) in [5.41, 5.74) is 3.10. The standard InChI is InChI=1S/C11H12BrClO2/c1-5-6(2)10(15-4)8(11(12)14)7(3)9(5)13/h1-4H3. The number of rotatable bonds is 2. The van der Waals surface area contributed by atoms with E-state index < -0.39 is 0 Å². The first kappa shape index (κ1) is 12.5. The van der Waals surface area contributed by atoms with Gasteiger partial charge >= 0.3 is 0 Å². The lowest BCUT2D eigenvalue weighted by molar-refractivity contribution is 0.109. The van der Waals surface area contributed by atoms with E-state index >= 15 is 0 Å². The van der Waals surface area contributed by atoms with Crippen LogP contribution in [0.15, 0.2) is 0 Å². The highest BCUT2D eigenvalue weighted by atomic mass is 79.9. The molecule has 1 rings (SSSR count). The number of carbonyl (C=O) groups is 1. The lowest BCUT2D eigenvalue weighted by atomic mass is 9.99. The summed E-state index contributed by atoms with van der Waals surface area (Å²) in [4.78, 5) is 11.4. The predicted molar refractivity (Wildman–Crippen MR) is 65.5 cm³/mol. The van der Waals surface area contributed by atoms with Crippen molar-refractivity contribution in [2.45, 2.75) is 20.8 Å². The molecule has 0 saturated carbocycles. The molecule has 0 aliphatic heterocycles. The topological polar surface area (TPSA) is 26.3 Å². The first-order valence-corrected chi connectivity index (χ1v) is 5.62. The van der Waals surface area contributed by atoms with Crippen molar-refractivity contribution < 1.29 is 9.53 Å². The van der Waals surface area contributed by atoms with E-state index in [1.165, 1.54) is 0 Å². The van der Waals surface area contributed by atoms with Gasteiger partial charge in [-0.05, 0) is 53.4 Å². The minimum atomic E-state index is -0.207. The average Bonchev–Trinajstić information content (AvgIpc) is 2.19. The molecule has 0 N–H and O–H groups in total. The molecule has 0 atom stereocenters. The molecule has 0 saturated heterocycles. The third-order valence-electron chi connectivity index (χ3n) is 2.56. The van der Waals surface area contributed by atoms with Crippen molar-refractivity contribution in [3.63, 3.8) is 0 Å². The van der Waals surface area contributed by atoms with E-state index in [0.29, 0.717) is 16.3 Å². The number of methoxy groups -OCH3 is 1. The number of hydrogen-bond donors (Lipinski definition) is 0. The normalized spacial score (nSPS) is 10.3. The monoisotopic (exact) mass is 290 g/mol. The summed E-state index contributed by atoms with van der Waals surface area (Å²) in [5.74, 6) is 0.594. The second kappa shape index (κ2) is 4.54. The molecular formula is C11H12BrClO2. The van der Waals surface area contributed by atoms with Gasteiger partial charge < -0.3 is 4.74 Å². The fourth-order valence-electron chi connectivity index (χ4n) is 1.58. The summed E-state index contributed by atoms with van der Waals surface area (Å²) >= 11 is 9.07. The van der Waals surface area contributed by atoms with Gasteiger partial charge in [0.05, 0.1) is 12.7 Å². The quantitative estimate of drug-likeness (QED) is 0.775. The van der Waals surface area contributed by atoms with Crippen LogP contribution < -0.4 is 4.74 Å². The van der Waals surface area contributed by atoms with E-state index in [9.17, 15) is 4.79 Å². The minimum absolute atomic E-state index is 0.207. The van der Waals surface area contributed by atoms with E-state index in [1.807, 2.05) is 20.8 Å². The third-order valence-corrected chi connectivity index (χ3v) is 3.53. The van der Waals surface area contributed by atoms with Crippen LogP contribution in [0.1, 0.15) is 27.0 Å². The van der Waals surface area contributed by atoms with Gasteiger partial charge in [0.1, 0.15) is 5.75 Å². The fourth-order valence-corrected chi connectivity index (χ4v) is 2.29. The Morgan fingerprint density at radius 1 is 1.20 bits per heavy atom. The van der Waals surface area contributed by atoms with Crippen LogP contribution in [-0.4, -0.2) is 11.8 Å². The van der Waals surface area contributed by atoms with Gasteiger partial charge in [-0.15, -0.1) is 0 Å². The van der Waals surface area contributed by atoms with Crippen molar-refractivity contribution in [3.05, 3.63) is 27.3 Å². The van der Waals surface area contributed by atoms with Gasteiger partial charge in [0.25, 0.3) is 0 Å². The number of halogens is 2. The second-order valence-corrected chi connectivity index (χ2v) is 4.47. The van der Waals surface area contributed by atoms with Crippen LogP contribution in [0.5, 0.6) is 5.75 Å². The van der Waals surface area contributed by atoms with E-state index in [0.717, 1.165) is 16.7 Å². The van der Waals surface area contributed by atoms with Gasteiger partial charge in [-0.2, -0.15) is 0 Å². The molecule has 0 fully saturated rings. The van der Waals surface area contributed by atoms with Crippen molar-refractivity contribution in [1.29, 1.82) is 0 Å². The summed E-state index contributed by atoms with van der Waals surface area (Å²) < 4.78 is 5.04. The Morgan fingerprint density at radius 2 is 1.73 bits per heavy atom. The predicted octanol–water partition coefficient (Wildman–Crippen LogP) is 3.81. The maximum Gasteiger partial charge on any atom is 0.232 e. The van der Waals surface area contributed by atoms with Gasteiger partial charge in [0.15, 0.2) is 0 Å². The Labute approximate surface area is 103 Å². The summed E-state index contributed by atoms with van der Waals surface area (Å²) in [5, 5.41) is 0.621. The maximum absolute atomic E-state index is 11.4. The SMILES string of the molecule is COc1c(C)c(C)c(Cl)c(C)c1C(=O)Br. The zero-order chi connectivity index (χ0) is 11.7. The molecule has 0 amide bonds. The highest BCUT2D eigenvalue weighted by molar-refractivity contribution is 9.18. The van der Waals surface area contributed by atoms with Crippen molar-refractivity contribution in [2.24, 2.45) is 0 Å². The molecule has 0 heterocycles. The van der Waals surface area contributed by atoms with E-state index in [-0.39, 0.29) is 4.69 Å². The van der Waals surface area contributed by atoms with Crippen LogP contribution in [0, 0.1) is 20.8 Å². The van der Waals surface area contributed by atoms with Crippen molar-refractivity contribution in [3.8, 4) is 5.75 Å². The molecule has 1 aromatic carbocycles. The Morgan fingerprint density at radius 3 is 2.13 bits per heavy atom. The largest absolute Gasteiger partial charge is 0.496 e. The van der Waals surface area contributed by atoms with Crippen molar-refractivity contribution in [1.82, 2.24) is 0 Å². The Balaban J connectivity index is 3.70. The number of benzene rings is 1. The zero-order valence-corrected chi connectivity index (χ0v) is 11.4. The molecule has 0 aromatic heterocycles. The van der Waals surface area contributed by atoms with Crippen molar-refractivity contribution >= 4 is 32.2 Å². The molecule has 0 unspecified atom stereocenters. The molecule has 0 bridgehead atoms. The smallest absolute Gasteiger partial charge is 0.232 e. The molecule has 0 aliphatic carbocycles. The van der Waals surface area contributed by atoms with E-state index in [1.54, 1.807) is 7.11 Å². The highest BCUT2D eigenvalue weighted by Crippen LogP contribution is 2.36. The molecule has 0 radical (unpaired) electrons. The Hall–Kier alpha value is -0.540. The van der Waals surface area contributed by atoms with Crippen LogP contribution in [0.4, 0.5) is 0 Å². The number of carbonyl (C=O) groups excluding carboxylic acids is 1. The van der Waals surface area contributed by atoms with Crippen LogP contribution in [0.2, 0.25) is 5.02 Å². The van der Waals surface area contributed by atoms with Crippen LogP contribution in [-0.2, 0) is 0 Å². The van der Waals surface area contributed by atoms with Gasteiger partial charge in [0, 0.05) is 5.02 Å². The Kier molecular flexibility index (Phi) is 3.79. The summed E-state index contributed by atoms with van der Waals surface area (Å²) in [6.07, 6.45) is 0. The molecule has 2 nitrogen and oxygen atoms in total. The maximum atomic E-state index is 11.4. The van der Waals surface area contributed by atoms with Gasteiger partial charge in [-0.3, -0.25) is 4.79 Å². The van der Waals surface area contributed by atoms with Crippen LogP contribution in [0.3, 0.4) is 0 Å². The average molecular weight is 292 g/mol. The lowest BCUT2D eigenvalue weighted by Crippen LogP contribution is -2.03. The molecule has 4 heteroatoms. The summed E-state index contributed by atoms with van der Waals surface area (Å²) in [6.45, 7) is 5.61. The molecule has 0 spiro atoms. The van der Waals surface area contributed by atoms with Gasteiger partial charge in [-0.25, -0.2) is 0 Å². The Bertz CT molecular complexity index is 427. The highest BCUT2D eigenvalue weighted by Gasteiger charge is 2.20. The van der Waals surface area contributed by atoms with Gasteiger partial charge in [-0.1, -0.05) is 11.6 Å². The zero-order valence-electron chi connectivity index (χ0n) is 9.07.